The third-order valence-electron chi connectivity index (χ3n) is 4.54. The summed E-state index contributed by atoms with van der Waals surface area (Å²) < 4.78 is 27.0. The molecule has 5 nitrogen and oxygen atoms in total. The van der Waals surface area contributed by atoms with E-state index in [1.807, 2.05) is 19.9 Å². The number of hydrogen-bond acceptors (Lipinski definition) is 3. The normalized spacial score (nSPS) is 18.6. The van der Waals surface area contributed by atoms with Gasteiger partial charge < -0.3 is 5.32 Å². The number of hydrogen-bond donors (Lipinski definition) is 1. The number of sulfonamides is 1. The van der Waals surface area contributed by atoms with E-state index in [9.17, 15) is 13.2 Å². The molecule has 2 rings (SSSR count). The van der Waals surface area contributed by atoms with Crippen molar-refractivity contribution in [2.24, 2.45) is 5.92 Å². The predicted octanol–water partition coefficient (Wildman–Crippen LogP) is 2.31. The van der Waals surface area contributed by atoms with Crippen LogP contribution in [-0.2, 0) is 14.8 Å². The van der Waals surface area contributed by atoms with Gasteiger partial charge in [0.25, 0.3) is 0 Å². The van der Waals surface area contributed by atoms with Gasteiger partial charge >= 0.3 is 0 Å². The van der Waals surface area contributed by atoms with Crippen molar-refractivity contribution in [3.8, 4) is 0 Å². The lowest BCUT2D eigenvalue weighted by molar-refractivity contribution is -0.126. The minimum atomic E-state index is -3.47. The molecule has 1 N–H and O–H groups in total. The smallest absolute Gasteiger partial charge is 0.243 e. The Morgan fingerprint density at radius 3 is 2.48 bits per heavy atom. The van der Waals surface area contributed by atoms with E-state index < -0.39 is 10.0 Å². The topological polar surface area (TPSA) is 66.5 Å². The number of piperidine rings is 1. The number of benzene rings is 1. The zero-order chi connectivity index (χ0) is 17.0. The summed E-state index contributed by atoms with van der Waals surface area (Å²) in [5, 5.41) is 2.99. The summed E-state index contributed by atoms with van der Waals surface area (Å²) in [6, 6.07) is 7.19. The van der Waals surface area contributed by atoms with Crippen molar-refractivity contribution in [1.29, 1.82) is 0 Å². The average Bonchev–Trinajstić information content (AvgIpc) is 2.55. The molecule has 0 spiro atoms. The van der Waals surface area contributed by atoms with Crippen LogP contribution in [0, 0.1) is 12.8 Å². The first kappa shape index (κ1) is 17.9. The van der Waals surface area contributed by atoms with Gasteiger partial charge in [-0.1, -0.05) is 25.1 Å². The van der Waals surface area contributed by atoms with Crippen LogP contribution in [0.1, 0.15) is 38.7 Å². The molecule has 1 atom stereocenters. The summed E-state index contributed by atoms with van der Waals surface area (Å²) in [5.74, 6) is -0.0420. The highest BCUT2D eigenvalue weighted by Gasteiger charge is 2.32. The molecule has 1 unspecified atom stereocenters. The maximum atomic E-state index is 12.7. The monoisotopic (exact) mass is 338 g/mol. The van der Waals surface area contributed by atoms with Gasteiger partial charge in [-0.15, -0.1) is 0 Å². The van der Waals surface area contributed by atoms with Gasteiger partial charge in [-0.25, -0.2) is 8.42 Å². The molecule has 1 aliphatic rings. The molecule has 0 radical (unpaired) electrons. The van der Waals surface area contributed by atoms with Crippen LogP contribution >= 0.6 is 0 Å². The van der Waals surface area contributed by atoms with Gasteiger partial charge in [0.05, 0.1) is 4.90 Å². The summed E-state index contributed by atoms with van der Waals surface area (Å²) >= 11 is 0. The molecule has 23 heavy (non-hydrogen) atoms. The minimum Gasteiger partial charge on any atom is -0.353 e. The molecule has 1 aromatic rings. The molecular formula is C17H26N2O3S. The van der Waals surface area contributed by atoms with Crippen LogP contribution in [0.5, 0.6) is 0 Å². The van der Waals surface area contributed by atoms with E-state index in [4.69, 9.17) is 0 Å². The Hall–Kier alpha value is -1.40. The van der Waals surface area contributed by atoms with Crippen molar-refractivity contribution in [3.63, 3.8) is 0 Å². The first-order valence-electron chi connectivity index (χ1n) is 8.22. The maximum Gasteiger partial charge on any atom is 0.243 e. The second kappa shape index (κ2) is 7.45. The molecule has 0 aromatic heterocycles. The Morgan fingerprint density at radius 1 is 1.30 bits per heavy atom. The molecule has 6 heteroatoms. The van der Waals surface area contributed by atoms with Gasteiger partial charge in [0.1, 0.15) is 0 Å². The van der Waals surface area contributed by atoms with E-state index in [0.29, 0.717) is 30.8 Å². The van der Waals surface area contributed by atoms with Gasteiger partial charge in [-0.05, 0) is 44.7 Å². The molecule has 0 bridgehead atoms. The Kier molecular flexibility index (Phi) is 5.81. The molecule has 1 aliphatic heterocycles. The van der Waals surface area contributed by atoms with Crippen LogP contribution in [0.25, 0.3) is 0 Å². The Balaban J connectivity index is 2.02. The number of nitrogens with one attached hydrogen (secondary N) is 1. The number of rotatable bonds is 5. The lowest BCUT2D eigenvalue weighted by Crippen LogP contribution is -2.44. The highest BCUT2D eigenvalue weighted by atomic mass is 32.2. The Labute approximate surface area is 139 Å². The molecule has 1 saturated heterocycles. The summed E-state index contributed by atoms with van der Waals surface area (Å²) in [7, 11) is -3.47. The van der Waals surface area contributed by atoms with E-state index in [0.717, 1.165) is 12.0 Å². The molecule has 128 valence electrons. The molecule has 0 aliphatic carbocycles. The molecular weight excluding hydrogens is 312 g/mol. The van der Waals surface area contributed by atoms with Crippen LogP contribution in [0.15, 0.2) is 29.2 Å². The average molecular weight is 338 g/mol. The standard InChI is InChI=1S/C17H26N2O3S/c1-4-14(3)18-17(20)15-9-11-19(12-10-15)23(21,22)16-8-6-5-7-13(16)2/h5-8,14-15H,4,9-12H2,1-3H3,(H,18,20). The molecule has 1 heterocycles. The Bertz CT molecular complexity index is 650. The number of carbonyl (C=O) groups is 1. The van der Waals surface area contributed by atoms with Gasteiger partial charge in [-0.3, -0.25) is 4.79 Å². The molecule has 0 saturated carbocycles. The van der Waals surface area contributed by atoms with Crippen LogP contribution < -0.4 is 5.32 Å². The fourth-order valence-corrected chi connectivity index (χ4v) is 4.50. The summed E-state index contributed by atoms with van der Waals surface area (Å²) in [6.07, 6.45) is 2.05. The van der Waals surface area contributed by atoms with Crippen molar-refractivity contribution in [2.45, 2.75) is 51.0 Å². The van der Waals surface area contributed by atoms with Crippen LogP contribution in [0.2, 0.25) is 0 Å². The summed E-state index contributed by atoms with van der Waals surface area (Å²) in [5.41, 5.74) is 0.754. The van der Waals surface area contributed by atoms with Crippen molar-refractivity contribution >= 4 is 15.9 Å². The third kappa shape index (κ3) is 4.12. The van der Waals surface area contributed by atoms with Crippen LogP contribution in [0.4, 0.5) is 0 Å². The van der Waals surface area contributed by atoms with Gasteiger partial charge in [-0.2, -0.15) is 4.31 Å². The zero-order valence-corrected chi connectivity index (χ0v) is 14.9. The highest BCUT2D eigenvalue weighted by Crippen LogP contribution is 2.25. The summed E-state index contributed by atoms with van der Waals surface area (Å²) in [4.78, 5) is 12.5. The van der Waals surface area contributed by atoms with Crippen molar-refractivity contribution < 1.29 is 13.2 Å². The SMILES string of the molecule is CCC(C)NC(=O)C1CCN(S(=O)(=O)c2ccccc2C)CC1. The lowest BCUT2D eigenvalue weighted by Gasteiger charge is -2.31. The fourth-order valence-electron chi connectivity index (χ4n) is 2.81. The predicted molar refractivity (Wildman–Crippen MR) is 90.6 cm³/mol. The second-order valence-corrected chi connectivity index (χ2v) is 8.17. The number of aryl methyl sites for hydroxylation is 1. The maximum absolute atomic E-state index is 12.7. The third-order valence-corrected chi connectivity index (χ3v) is 6.60. The molecule has 1 amide bonds. The van der Waals surface area contributed by atoms with Crippen LogP contribution in [0.3, 0.4) is 0 Å². The van der Waals surface area contributed by atoms with E-state index in [1.54, 1.807) is 25.1 Å². The number of nitrogens with zero attached hydrogens (tertiary/aromatic N) is 1. The van der Waals surface area contributed by atoms with E-state index >= 15 is 0 Å². The fraction of sp³-hybridized carbons (Fsp3) is 0.588. The molecule has 1 fully saturated rings. The van der Waals surface area contributed by atoms with Crippen LogP contribution in [-0.4, -0.2) is 37.8 Å². The second-order valence-electron chi connectivity index (χ2n) is 6.26. The van der Waals surface area contributed by atoms with Crippen molar-refractivity contribution in [2.75, 3.05) is 13.1 Å². The lowest BCUT2D eigenvalue weighted by atomic mass is 9.97. The van der Waals surface area contributed by atoms with Crippen molar-refractivity contribution in [3.05, 3.63) is 29.8 Å². The Morgan fingerprint density at radius 2 is 1.91 bits per heavy atom. The first-order valence-corrected chi connectivity index (χ1v) is 9.66. The molecule has 1 aromatic carbocycles. The van der Waals surface area contributed by atoms with Gasteiger partial charge in [0.2, 0.25) is 15.9 Å². The van der Waals surface area contributed by atoms with E-state index in [1.165, 1.54) is 4.31 Å². The quantitative estimate of drug-likeness (QED) is 0.896. The minimum absolute atomic E-state index is 0.0484. The van der Waals surface area contributed by atoms with E-state index in [-0.39, 0.29) is 17.9 Å². The number of carbonyl (C=O) groups excluding carboxylic acids is 1. The largest absolute Gasteiger partial charge is 0.353 e. The summed E-state index contributed by atoms with van der Waals surface area (Å²) in [6.45, 7) is 6.61. The number of amides is 1. The zero-order valence-electron chi connectivity index (χ0n) is 14.1. The van der Waals surface area contributed by atoms with E-state index in [2.05, 4.69) is 5.32 Å². The highest BCUT2D eigenvalue weighted by molar-refractivity contribution is 7.89. The van der Waals surface area contributed by atoms with Gasteiger partial charge in [0, 0.05) is 25.0 Å². The first-order chi connectivity index (χ1) is 10.9. The van der Waals surface area contributed by atoms with Gasteiger partial charge in [0.15, 0.2) is 0 Å². The van der Waals surface area contributed by atoms with Crippen molar-refractivity contribution in [1.82, 2.24) is 9.62 Å².